The Bertz CT molecular complexity index is 1380. The number of fused-ring (bicyclic) bond motifs is 1. The summed E-state index contributed by atoms with van der Waals surface area (Å²) in [4.78, 5) is 33.6. The van der Waals surface area contributed by atoms with Crippen LogP contribution < -0.4 is 10.1 Å². The third kappa shape index (κ3) is 6.73. The number of hydrogen-bond acceptors (Lipinski definition) is 3. The summed E-state index contributed by atoms with van der Waals surface area (Å²) in [6.07, 6.45) is 2.72. The van der Waals surface area contributed by atoms with Crippen molar-refractivity contribution in [1.82, 2.24) is 14.8 Å². The Kier molecular flexibility index (Phi) is 8.69. The molecule has 0 saturated heterocycles. The smallest absolute Gasteiger partial charge is 0.322 e. The van der Waals surface area contributed by atoms with Crippen LogP contribution in [0.15, 0.2) is 79.0 Å². The van der Waals surface area contributed by atoms with Gasteiger partial charge in [0.15, 0.2) is 0 Å². The maximum absolute atomic E-state index is 13.7. The van der Waals surface area contributed by atoms with E-state index in [9.17, 15) is 9.59 Å². The largest absolute Gasteiger partial charge is 0.497 e. The molecule has 3 amide bonds. The molecular formula is C31H36N4O3. The average Bonchev–Trinajstić information content (AvgIpc) is 3.33. The van der Waals surface area contributed by atoms with Gasteiger partial charge < -0.3 is 24.8 Å². The lowest BCUT2D eigenvalue weighted by atomic mass is 10.1. The summed E-state index contributed by atoms with van der Waals surface area (Å²) in [7, 11) is 1.58. The number of ether oxygens (including phenoxy) is 1. The summed E-state index contributed by atoms with van der Waals surface area (Å²) in [5.41, 5.74) is 5.09. The first-order valence-electron chi connectivity index (χ1n) is 12.9. The molecule has 0 saturated carbocycles. The molecule has 4 aromatic rings. The number of rotatable bonds is 10. The van der Waals surface area contributed by atoms with Gasteiger partial charge in [0.2, 0.25) is 5.91 Å². The molecule has 2 N–H and O–H groups in total. The van der Waals surface area contributed by atoms with Crippen molar-refractivity contribution in [2.24, 2.45) is 0 Å². The quantitative estimate of drug-likeness (QED) is 0.274. The number of nitrogens with one attached hydrogen (secondary N) is 2. The Labute approximate surface area is 224 Å². The summed E-state index contributed by atoms with van der Waals surface area (Å²) in [5, 5.41) is 4.07. The van der Waals surface area contributed by atoms with E-state index in [2.05, 4.69) is 46.7 Å². The Morgan fingerprint density at radius 3 is 2.50 bits per heavy atom. The molecule has 198 valence electrons. The number of anilines is 1. The predicted molar refractivity (Wildman–Crippen MR) is 152 cm³/mol. The monoisotopic (exact) mass is 512 g/mol. The van der Waals surface area contributed by atoms with Crippen molar-refractivity contribution < 1.29 is 14.3 Å². The van der Waals surface area contributed by atoms with Gasteiger partial charge in [-0.2, -0.15) is 0 Å². The average molecular weight is 513 g/mol. The third-order valence-corrected chi connectivity index (χ3v) is 6.68. The lowest BCUT2D eigenvalue weighted by Crippen LogP contribution is -2.47. The Balaban J connectivity index is 1.50. The summed E-state index contributed by atoms with van der Waals surface area (Å²) >= 11 is 0. The molecule has 7 heteroatoms. The zero-order chi connectivity index (χ0) is 27.1. The number of aryl methyl sites for hydroxylation is 1. The molecule has 4 rings (SSSR count). The number of hydrogen-bond donors (Lipinski definition) is 2. The second-order valence-corrected chi connectivity index (χ2v) is 9.79. The van der Waals surface area contributed by atoms with Crippen molar-refractivity contribution in [3.63, 3.8) is 0 Å². The molecule has 0 radical (unpaired) electrons. The molecule has 0 aliphatic heterocycles. The maximum Gasteiger partial charge on any atom is 0.322 e. The zero-order valence-corrected chi connectivity index (χ0v) is 22.5. The van der Waals surface area contributed by atoms with E-state index in [-0.39, 0.29) is 24.5 Å². The van der Waals surface area contributed by atoms with E-state index in [1.165, 1.54) is 11.1 Å². The first-order valence-corrected chi connectivity index (χ1v) is 12.9. The number of para-hydroxylation sites is 1. The molecule has 0 atom stereocenters. The van der Waals surface area contributed by atoms with Gasteiger partial charge in [0, 0.05) is 48.0 Å². The molecular weight excluding hydrogens is 476 g/mol. The third-order valence-electron chi connectivity index (χ3n) is 6.68. The van der Waals surface area contributed by atoms with Gasteiger partial charge in [0.25, 0.3) is 0 Å². The van der Waals surface area contributed by atoms with Gasteiger partial charge >= 0.3 is 6.03 Å². The summed E-state index contributed by atoms with van der Waals surface area (Å²) in [6.45, 7) is 6.87. The van der Waals surface area contributed by atoms with E-state index in [0.717, 1.165) is 16.5 Å². The summed E-state index contributed by atoms with van der Waals surface area (Å²) < 4.78 is 5.26. The minimum absolute atomic E-state index is 0.0206. The van der Waals surface area contributed by atoms with Crippen LogP contribution in [0.5, 0.6) is 5.75 Å². The molecule has 3 aromatic carbocycles. The van der Waals surface area contributed by atoms with Gasteiger partial charge in [-0.1, -0.05) is 54.1 Å². The molecule has 1 aromatic heterocycles. The molecule has 0 aliphatic carbocycles. The van der Waals surface area contributed by atoms with E-state index in [1.54, 1.807) is 24.1 Å². The molecule has 0 unspecified atom stereocenters. The lowest BCUT2D eigenvalue weighted by molar-refractivity contribution is -0.132. The topological polar surface area (TPSA) is 77.7 Å². The zero-order valence-electron chi connectivity index (χ0n) is 22.5. The van der Waals surface area contributed by atoms with Crippen LogP contribution in [0.3, 0.4) is 0 Å². The van der Waals surface area contributed by atoms with Gasteiger partial charge in [-0.15, -0.1) is 0 Å². The standard InChI is InChI=1S/C31H36N4O3/c1-22(2)35(31(37)33-26-8-7-9-27(18-26)38-4)21-30(36)34(20-24-14-12-23(3)13-15-24)17-16-25-19-32-29-11-6-5-10-28(25)29/h5-15,18-19,22,32H,16-17,20-21H2,1-4H3,(H,33,37). The number of methoxy groups -OCH3 is 1. The Hall–Kier alpha value is -4.26. The molecule has 0 fully saturated rings. The van der Waals surface area contributed by atoms with Gasteiger partial charge in [-0.25, -0.2) is 4.79 Å². The number of H-pyrrole nitrogens is 1. The van der Waals surface area contributed by atoms with Crippen LogP contribution in [0.1, 0.15) is 30.5 Å². The van der Waals surface area contributed by atoms with Crippen LogP contribution >= 0.6 is 0 Å². The van der Waals surface area contributed by atoms with E-state index >= 15 is 0 Å². The van der Waals surface area contributed by atoms with Gasteiger partial charge in [-0.3, -0.25) is 4.79 Å². The number of carbonyl (C=O) groups excluding carboxylic acids is 2. The molecule has 1 heterocycles. The molecule has 38 heavy (non-hydrogen) atoms. The van der Waals surface area contributed by atoms with Crippen LogP contribution in [0, 0.1) is 6.92 Å². The number of amides is 3. The fourth-order valence-corrected chi connectivity index (χ4v) is 4.43. The number of nitrogens with zero attached hydrogens (tertiary/aromatic N) is 2. The van der Waals surface area contributed by atoms with Crippen molar-refractivity contribution in [3.8, 4) is 5.75 Å². The van der Waals surface area contributed by atoms with Gasteiger partial charge in [0.05, 0.1) is 7.11 Å². The Morgan fingerprint density at radius 2 is 1.76 bits per heavy atom. The summed E-state index contributed by atoms with van der Waals surface area (Å²) in [6, 6.07) is 23.1. The minimum Gasteiger partial charge on any atom is -0.497 e. The normalized spacial score (nSPS) is 11.0. The number of urea groups is 1. The highest BCUT2D eigenvalue weighted by atomic mass is 16.5. The molecule has 0 bridgehead atoms. The maximum atomic E-state index is 13.7. The fraction of sp³-hybridized carbons (Fsp3) is 0.290. The van der Waals surface area contributed by atoms with Crippen molar-refractivity contribution in [1.29, 1.82) is 0 Å². The van der Waals surface area contributed by atoms with Crippen molar-refractivity contribution >= 4 is 28.5 Å². The van der Waals surface area contributed by atoms with Crippen LogP contribution in [0.25, 0.3) is 10.9 Å². The first kappa shape index (κ1) is 26.8. The van der Waals surface area contributed by atoms with Crippen molar-refractivity contribution in [3.05, 3.63) is 95.7 Å². The van der Waals surface area contributed by atoms with E-state index in [0.29, 0.717) is 30.9 Å². The van der Waals surface area contributed by atoms with E-state index < -0.39 is 0 Å². The highest BCUT2D eigenvalue weighted by Gasteiger charge is 2.24. The Morgan fingerprint density at radius 1 is 1.00 bits per heavy atom. The minimum atomic E-state index is -0.325. The SMILES string of the molecule is COc1cccc(NC(=O)N(CC(=O)N(CCc2c[nH]c3ccccc23)Cc2ccc(C)cc2)C(C)C)c1. The van der Waals surface area contributed by atoms with E-state index in [1.807, 2.05) is 56.1 Å². The number of aromatic nitrogens is 1. The van der Waals surface area contributed by atoms with Crippen LogP contribution in [0.2, 0.25) is 0 Å². The van der Waals surface area contributed by atoms with Crippen LogP contribution in [0.4, 0.5) is 10.5 Å². The number of benzene rings is 3. The van der Waals surface area contributed by atoms with Crippen molar-refractivity contribution in [2.45, 2.75) is 39.8 Å². The van der Waals surface area contributed by atoms with Gasteiger partial charge in [-0.05, 0) is 56.5 Å². The lowest BCUT2D eigenvalue weighted by Gasteiger charge is -2.30. The molecule has 0 aliphatic rings. The van der Waals surface area contributed by atoms with Crippen LogP contribution in [-0.2, 0) is 17.8 Å². The van der Waals surface area contributed by atoms with Crippen LogP contribution in [-0.4, -0.2) is 53.0 Å². The van der Waals surface area contributed by atoms with Crippen molar-refractivity contribution in [2.75, 3.05) is 25.5 Å². The highest BCUT2D eigenvalue weighted by Crippen LogP contribution is 2.20. The predicted octanol–water partition coefficient (Wildman–Crippen LogP) is 6.00. The summed E-state index contributed by atoms with van der Waals surface area (Å²) in [5.74, 6) is 0.552. The second-order valence-electron chi connectivity index (χ2n) is 9.79. The number of carbonyl (C=O) groups is 2. The first-order chi connectivity index (χ1) is 18.3. The molecule has 7 nitrogen and oxygen atoms in total. The fourth-order valence-electron chi connectivity index (χ4n) is 4.43. The second kappa shape index (κ2) is 12.3. The number of aromatic amines is 1. The highest BCUT2D eigenvalue weighted by molar-refractivity contribution is 5.92. The molecule has 0 spiro atoms. The van der Waals surface area contributed by atoms with E-state index in [4.69, 9.17) is 4.74 Å². The van der Waals surface area contributed by atoms with Gasteiger partial charge in [0.1, 0.15) is 12.3 Å².